The van der Waals surface area contributed by atoms with Gasteiger partial charge < -0.3 is 5.32 Å². The van der Waals surface area contributed by atoms with Crippen LogP contribution in [0.5, 0.6) is 0 Å². The maximum absolute atomic E-state index is 12.2. The van der Waals surface area contributed by atoms with E-state index in [4.69, 9.17) is 11.6 Å². The zero-order valence-electron chi connectivity index (χ0n) is 12.1. The number of rotatable bonds is 5. The van der Waals surface area contributed by atoms with Crippen LogP contribution in [0.15, 0.2) is 43.1 Å². The average Bonchev–Trinajstić information content (AvgIpc) is 2.90. The van der Waals surface area contributed by atoms with Gasteiger partial charge in [0.25, 0.3) is 5.91 Å². The van der Waals surface area contributed by atoms with Crippen LogP contribution >= 0.6 is 11.6 Å². The summed E-state index contributed by atoms with van der Waals surface area (Å²) < 4.78 is 1.78. The lowest BCUT2D eigenvalue weighted by molar-refractivity contribution is 0.0956. The molecule has 110 valence electrons. The number of hydrogen-bond donors (Lipinski definition) is 1. The van der Waals surface area contributed by atoms with E-state index < -0.39 is 0 Å². The highest BCUT2D eigenvalue weighted by Gasteiger charge is 2.20. The Kier molecular flexibility index (Phi) is 4.81. The lowest BCUT2D eigenvalue weighted by atomic mass is 10.1. The van der Waals surface area contributed by atoms with Crippen molar-refractivity contribution < 1.29 is 4.79 Å². The molecule has 0 fully saturated rings. The molecule has 1 N–H and O–H groups in total. The first-order valence-corrected chi connectivity index (χ1v) is 7.15. The molecule has 0 saturated heterocycles. The molecule has 0 unspecified atom stereocenters. The third-order valence-electron chi connectivity index (χ3n) is 3.08. The van der Waals surface area contributed by atoms with E-state index in [0.717, 1.165) is 11.4 Å². The van der Waals surface area contributed by atoms with Crippen LogP contribution in [0.25, 0.3) is 5.69 Å². The third-order valence-corrected chi connectivity index (χ3v) is 3.33. The minimum atomic E-state index is -0.140. The Labute approximate surface area is 129 Å². The first kappa shape index (κ1) is 15.3. The number of hydrogen-bond acceptors (Lipinski definition) is 2. The SMILES string of the molecule is C=CCNC(=O)c1cnn(-c2ccc(Cl)cc2)c1C(C)C. The highest BCUT2D eigenvalue weighted by Crippen LogP contribution is 2.23. The molecule has 0 aliphatic carbocycles. The van der Waals surface area contributed by atoms with E-state index in [1.807, 2.05) is 26.0 Å². The summed E-state index contributed by atoms with van der Waals surface area (Å²) in [5.41, 5.74) is 2.34. The standard InChI is InChI=1S/C16H18ClN3O/c1-4-9-18-16(21)14-10-19-20(15(14)11(2)3)13-7-5-12(17)6-8-13/h4-8,10-11H,1,9H2,2-3H3,(H,18,21). The van der Waals surface area contributed by atoms with Crippen molar-refractivity contribution in [3.05, 3.63) is 59.4 Å². The first-order valence-electron chi connectivity index (χ1n) is 6.77. The lowest BCUT2D eigenvalue weighted by Crippen LogP contribution is -2.24. The first-order chi connectivity index (χ1) is 10.0. The van der Waals surface area contributed by atoms with Crippen molar-refractivity contribution in [3.8, 4) is 5.69 Å². The Bertz CT molecular complexity index is 644. The van der Waals surface area contributed by atoms with Gasteiger partial charge in [-0.25, -0.2) is 4.68 Å². The molecule has 5 heteroatoms. The third kappa shape index (κ3) is 3.34. The van der Waals surface area contributed by atoms with Gasteiger partial charge in [-0.05, 0) is 30.2 Å². The molecule has 0 bridgehead atoms. The molecular formula is C16H18ClN3O. The van der Waals surface area contributed by atoms with Gasteiger partial charge in [-0.2, -0.15) is 5.10 Å². The smallest absolute Gasteiger partial charge is 0.255 e. The fourth-order valence-electron chi connectivity index (χ4n) is 2.14. The summed E-state index contributed by atoms with van der Waals surface area (Å²) in [7, 11) is 0. The molecule has 1 heterocycles. The maximum atomic E-state index is 12.2. The van der Waals surface area contributed by atoms with Gasteiger partial charge >= 0.3 is 0 Å². The van der Waals surface area contributed by atoms with E-state index >= 15 is 0 Å². The molecule has 0 atom stereocenters. The molecule has 0 saturated carbocycles. The summed E-state index contributed by atoms with van der Waals surface area (Å²) in [6.45, 7) is 8.10. The minimum Gasteiger partial charge on any atom is -0.348 e. The number of amides is 1. The fourth-order valence-corrected chi connectivity index (χ4v) is 2.26. The van der Waals surface area contributed by atoms with Gasteiger partial charge in [-0.1, -0.05) is 31.5 Å². The quantitative estimate of drug-likeness (QED) is 0.858. The van der Waals surface area contributed by atoms with Crippen molar-refractivity contribution in [3.63, 3.8) is 0 Å². The fraction of sp³-hybridized carbons (Fsp3) is 0.250. The molecule has 0 spiro atoms. The average molecular weight is 304 g/mol. The molecule has 1 aromatic heterocycles. The summed E-state index contributed by atoms with van der Waals surface area (Å²) in [4.78, 5) is 12.2. The topological polar surface area (TPSA) is 46.9 Å². The van der Waals surface area contributed by atoms with Gasteiger partial charge in [0, 0.05) is 11.6 Å². The van der Waals surface area contributed by atoms with Gasteiger partial charge in [0.05, 0.1) is 23.1 Å². The Morgan fingerprint density at radius 1 is 1.43 bits per heavy atom. The normalized spacial score (nSPS) is 10.7. The second-order valence-electron chi connectivity index (χ2n) is 4.99. The van der Waals surface area contributed by atoms with Crippen LogP contribution in [0.2, 0.25) is 5.02 Å². The van der Waals surface area contributed by atoms with Crippen LogP contribution in [0.4, 0.5) is 0 Å². The van der Waals surface area contributed by atoms with Crippen molar-refractivity contribution >= 4 is 17.5 Å². The summed E-state index contributed by atoms with van der Waals surface area (Å²) in [6, 6.07) is 7.37. The number of carbonyl (C=O) groups is 1. The highest BCUT2D eigenvalue weighted by atomic mass is 35.5. The largest absolute Gasteiger partial charge is 0.348 e. The Morgan fingerprint density at radius 2 is 2.10 bits per heavy atom. The second-order valence-corrected chi connectivity index (χ2v) is 5.42. The number of benzene rings is 1. The predicted octanol–water partition coefficient (Wildman–Crippen LogP) is 3.56. The van der Waals surface area contributed by atoms with Crippen LogP contribution in [0.3, 0.4) is 0 Å². The number of halogens is 1. The Morgan fingerprint density at radius 3 is 2.67 bits per heavy atom. The van der Waals surface area contributed by atoms with Gasteiger partial charge in [-0.3, -0.25) is 4.79 Å². The second kappa shape index (κ2) is 6.59. The molecule has 1 amide bonds. The number of nitrogens with zero attached hydrogens (tertiary/aromatic N) is 2. The molecule has 0 aliphatic rings. The van der Waals surface area contributed by atoms with E-state index in [1.165, 1.54) is 0 Å². The molecule has 2 aromatic rings. The van der Waals surface area contributed by atoms with Crippen LogP contribution in [0, 0.1) is 0 Å². The van der Waals surface area contributed by atoms with Gasteiger partial charge in [0.15, 0.2) is 0 Å². The summed E-state index contributed by atoms with van der Waals surface area (Å²) in [5.74, 6) is 0.0199. The molecule has 1 aromatic carbocycles. The van der Waals surface area contributed by atoms with Crippen molar-refractivity contribution in [1.29, 1.82) is 0 Å². The zero-order valence-corrected chi connectivity index (χ0v) is 12.9. The van der Waals surface area contributed by atoms with Crippen LogP contribution in [-0.4, -0.2) is 22.2 Å². The maximum Gasteiger partial charge on any atom is 0.255 e. The van der Waals surface area contributed by atoms with Crippen molar-refractivity contribution in [2.45, 2.75) is 19.8 Å². The number of carbonyl (C=O) groups excluding carboxylic acids is 1. The highest BCUT2D eigenvalue weighted by molar-refractivity contribution is 6.30. The van der Waals surface area contributed by atoms with Gasteiger partial charge in [0.2, 0.25) is 0 Å². The van der Waals surface area contributed by atoms with Crippen LogP contribution in [0.1, 0.15) is 35.8 Å². The van der Waals surface area contributed by atoms with Crippen molar-refractivity contribution in [2.24, 2.45) is 0 Å². The molecule has 4 nitrogen and oxygen atoms in total. The molecule has 2 rings (SSSR count). The predicted molar refractivity (Wildman–Crippen MR) is 85.2 cm³/mol. The monoisotopic (exact) mass is 303 g/mol. The molecule has 21 heavy (non-hydrogen) atoms. The van der Waals surface area contributed by atoms with E-state index in [-0.39, 0.29) is 11.8 Å². The van der Waals surface area contributed by atoms with Crippen LogP contribution < -0.4 is 5.32 Å². The zero-order chi connectivity index (χ0) is 15.4. The van der Waals surface area contributed by atoms with Crippen molar-refractivity contribution in [2.75, 3.05) is 6.54 Å². The molecular weight excluding hydrogens is 286 g/mol. The Hall–Kier alpha value is -2.07. The van der Waals surface area contributed by atoms with E-state index in [2.05, 4.69) is 17.0 Å². The van der Waals surface area contributed by atoms with Crippen LogP contribution in [-0.2, 0) is 0 Å². The lowest BCUT2D eigenvalue weighted by Gasteiger charge is -2.12. The molecule has 0 aliphatic heterocycles. The summed E-state index contributed by atoms with van der Waals surface area (Å²) >= 11 is 5.91. The Balaban J connectivity index is 2.43. The van der Waals surface area contributed by atoms with E-state index in [0.29, 0.717) is 17.1 Å². The van der Waals surface area contributed by atoms with E-state index in [9.17, 15) is 4.79 Å². The van der Waals surface area contributed by atoms with Gasteiger partial charge in [0.1, 0.15) is 0 Å². The molecule has 0 radical (unpaired) electrons. The van der Waals surface area contributed by atoms with Gasteiger partial charge in [-0.15, -0.1) is 6.58 Å². The van der Waals surface area contributed by atoms with E-state index in [1.54, 1.807) is 29.1 Å². The van der Waals surface area contributed by atoms with Crippen molar-refractivity contribution in [1.82, 2.24) is 15.1 Å². The number of nitrogens with one attached hydrogen (secondary N) is 1. The summed E-state index contributed by atoms with van der Waals surface area (Å²) in [5, 5.41) is 7.81. The minimum absolute atomic E-state index is 0.140. The number of aromatic nitrogens is 2. The summed E-state index contributed by atoms with van der Waals surface area (Å²) in [6.07, 6.45) is 3.25.